The molecule has 0 saturated carbocycles. The third kappa shape index (κ3) is 3.66. The second-order valence-corrected chi connectivity index (χ2v) is 7.04. The fourth-order valence-electron chi connectivity index (χ4n) is 1.65. The molecule has 1 nitrogen and oxygen atoms in total. The number of rotatable bonds is 2. The molecule has 0 radical (unpaired) electrons. The lowest BCUT2D eigenvalue weighted by Crippen LogP contribution is -2.17. The van der Waals surface area contributed by atoms with Crippen molar-refractivity contribution in [1.82, 2.24) is 0 Å². The first-order valence-electron chi connectivity index (χ1n) is 5.39. The van der Waals surface area contributed by atoms with Crippen LogP contribution < -0.4 is 0 Å². The maximum atomic E-state index is 5.53. The van der Waals surface area contributed by atoms with Gasteiger partial charge in [0.25, 0.3) is 0 Å². The van der Waals surface area contributed by atoms with Crippen LogP contribution in [0, 0.1) is 5.92 Å². The highest BCUT2D eigenvalue weighted by molar-refractivity contribution is 8.04. The summed E-state index contributed by atoms with van der Waals surface area (Å²) in [6, 6.07) is 0. The molecule has 0 N–H and O–H groups in total. The van der Waals surface area contributed by atoms with E-state index in [0.717, 1.165) is 19.6 Å². The summed E-state index contributed by atoms with van der Waals surface area (Å²) in [6.45, 7) is 13.1. The van der Waals surface area contributed by atoms with Crippen molar-refractivity contribution in [3.8, 4) is 0 Å². The van der Waals surface area contributed by atoms with Crippen LogP contribution >= 0.6 is 11.8 Å². The van der Waals surface area contributed by atoms with Crippen molar-refractivity contribution in [2.24, 2.45) is 5.92 Å². The first-order chi connectivity index (χ1) is 6.40. The molecule has 0 fully saturated rings. The van der Waals surface area contributed by atoms with Crippen LogP contribution in [0.1, 0.15) is 41.0 Å². The zero-order chi connectivity index (χ0) is 10.8. The highest BCUT2D eigenvalue weighted by Crippen LogP contribution is 2.37. The summed E-state index contributed by atoms with van der Waals surface area (Å²) in [5, 5.41) is 0. The van der Waals surface area contributed by atoms with Gasteiger partial charge in [-0.3, -0.25) is 0 Å². The van der Waals surface area contributed by atoms with Crippen molar-refractivity contribution in [1.29, 1.82) is 0 Å². The highest BCUT2D eigenvalue weighted by Gasteiger charge is 2.21. The molecule has 1 aliphatic rings. The van der Waals surface area contributed by atoms with Crippen molar-refractivity contribution in [3.63, 3.8) is 0 Å². The van der Waals surface area contributed by atoms with Crippen LogP contribution in [0.2, 0.25) is 0 Å². The fourth-order valence-corrected chi connectivity index (χ4v) is 3.00. The monoisotopic (exact) mass is 214 g/mol. The largest absolute Gasteiger partial charge is 0.376 e. The quantitative estimate of drug-likeness (QED) is 0.690. The van der Waals surface area contributed by atoms with Crippen molar-refractivity contribution in [2.75, 3.05) is 13.2 Å². The maximum Gasteiger partial charge on any atom is 0.0775 e. The molecule has 0 aromatic rings. The molecular weight excluding hydrogens is 192 g/mol. The normalized spacial score (nSPS) is 19.3. The van der Waals surface area contributed by atoms with Crippen molar-refractivity contribution in [2.45, 2.75) is 45.8 Å². The summed E-state index contributed by atoms with van der Waals surface area (Å²) in [5.41, 5.74) is 1.61. The SMILES string of the molecule is CC(C)C1=C(SC(C)(C)C)COCC1. The molecule has 1 rings (SSSR count). The smallest absolute Gasteiger partial charge is 0.0775 e. The molecular formula is C12H22OS. The van der Waals surface area contributed by atoms with Gasteiger partial charge in [0.2, 0.25) is 0 Å². The number of ether oxygens (including phenoxy) is 1. The van der Waals surface area contributed by atoms with E-state index in [0.29, 0.717) is 10.7 Å². The van der Waals surface area contributed by atoms with Gasteiger partial charge in [0.05, 0.1) is 13.2 Å². The Hall–Kier alpha value is 0.0500. The van der Waals surface area contributed by atoms with Crippen LogP contribution in [0.15, 0.2) is 10.5 Å². The minimum absolute atomic E-state index is 0.302. The minimum Gasteiger partial charge on any atom is -0.376 e. The topological polar surface area (TPSA) is 9.23 Å². The van der Waals surface area contributed by atoms with E-state index in [1.54, 1.807) is 5.57 Å². The van der Waals surface area contributed by atoms with Crippen LogP contribution in [-0.4, -0.2) is 18.0 Å². The van der Waals surface area contributed by atoms with Crippen molar-refractivity contribution in [3.05, 3.63) is 10.5 Å². The Kier molecular flexibility index (Phi) is 4.08. The zero-order valence-corrected chi connectivity index (χ0v) is 10.8. The summed E-state index contributed by atoms with van der Waals surface area (Å²) < 4.78 is 5.83. The first kappa shape index (κ1) is 12.1. The van der Waals surface area contributed by atoms with E-state index in [1.807, 2.05) is 11.8 Å². The predicted octanol–water partition coefficient (Wildman–Crippen LogP) is 3.85. The summed E-state index contributed by atoms with van der Waals surface area (Å²) in [4.78, 5) is 1.47. The molecule has 0 aromatic heterocycles. The predicted molar refractivity (Wildman–Crippen MR) is 64.6 cm³/mol. The van der Waals surface area contributed by atoms with Gasteiger partial charge in [0.15, 0.2) is 0 Å². The van der Waals surface area contributed by atoms with Crippen LogP contribution in [-0.2, 0) is 4.74 Å². The number of hydrogen-bond acceptors (Lipinski definition) is 2. The van der Waals surface area contributed by atoms with Gasteiger partial charge in [-0.1, -0.05) is 40.2 Å². The molecule has 1 aliphatic heterocycles. The summed E-state index contributed by atoms with van der Waals surface area (Å²) in [6.07, 6.45) is 1.12. The van der Waals surface area contributed by atoms with Gasteiger partial charge in [-0.05, 0) is 12.3 Å². The molecule has 0 unspecified atom stereocenters. The van der Waals surface area contributed by atoms with E-state index >= 15 is 0 Å². The van der Waals surface area contributed by atoms with E-state index in [2.05, 4.69) is 34.6 Å². The lowest BCUT2D eigenvalue weighted by Gasteiger charge is -2.27. The third-order valence-corrected chi connectivity index (χ3v) is 3.47. The van der Waals surface area contributed by atoms with Crippen LogP contribution in [0.4, 0.5) is 0 Å². The molecule has 0 aromatic carbocycles. The molecule has 1 heterocycles. The fraction of sp³-hybridized carbons (Fsp3) is 0.833. The van der Waals surface area contributed by atoms with Crippen LogP contribution in [0.3, 0.4) is 0 Å². The number of thioether (sulfide) groups is 1. The second-order valence-electron chi connectivity index (χ2n) is 5.12. The lowest BCUT2D eigenvalue weighted by molar-refractivity contribution is 0.149. The molecule has 14 heavy (non-hydrogen) atoms. The summed E-state index contributed by atoms with van der Waals surface area (Å²) in [7, 11) is 0. The maximum absolute atomic E-state index is 5.53. The molecule has 0 amide bonds. The van der Waals surface area contributed by atoms with Crippen molar-refractivity contribution < 1.29 is 4.74 Å². The van der Waals surface area contributed by atoms with Gasteiger partial charge in [0, 0.05) is 9.65 Å². The highest BCUT2D eigenvalue weighted by atomic mass is 32.2. The van der Waals surface area contributed by atoms with Gasteiger partial charge < -0.3 is 4.74 Å². The Morgan fingerprint density at radius 1 is 1.29 bits per heavy atom. The standard InChI is InChI=1S/C12H22OS/c1-9(2)10-6-7-13-8-11(10)14-12(3,4)5/h9H,6-8H2,1-5H3. The molecule has 2 heteroatoms. The van der Waals surface area contributed by atoms with E-state index in [4.69, 9.17) is 4.74 Å². The first-order valence-corrected chi connectivity index (χ1v) is 6.20. The van der Waals surface area contributed by atoms with Crippen molar-refractivity contribution >= 4 is 11.8 Å². The number of hydrogen-bond donors (Lipinski definition) is 0. The van der Waals surface area contributed by atoms with Gasteiger partial charge in [-0.25, -0.2) is 0 Å². The third-order valence-electron chi connectivity index (χ3n) is 2.23. The van der Waals surface area contributed by atoms with Crippen LogP contribution in [0.5, 0.6) is 0 Å². The average molecular weight is 214 g/mol. The van der Waals surface area contributed by atoms with E-state index in [9.17, 15) is 0 Å². The second kappa shape index (κ2) is 4.71. The Bertz CT molecular complexity index is 223. The van der Waals surface area contributed by atoms with Gasteiger partial charge in [0.1, 0.15) is 0 Å². The van der Waals surface area contributed by atoms with Crippen LogP contribution in [0.25, 0.3) is 0 Å². The zero-order valence-electron chi connectivity index (χ0n) is 10.0. The van der Waals surface area contributed by atoms with Gasteiger partial charge in [-0.15, -0.1) is 11.8 Å². The van der Waals surface area contributed by atoms with E-state index in [-0.39, 0.29) is 0 Å². The molecule has 0 atom stereocenters. The van der Waals surface area contributed by atoms with Gasteiger partial charge in [-0.2, -0.15) is 0 Å². The molecule has 0 bridgehead atoms. The Balaban J connectivity index is 2.79. The molecule has 0 saturated heterocycles. The molecule has 82 valence electrons. The van der Waals surface area contributed by atoms with Gasteiger partial charge >= 0.3 is 0 Å². The molecule has 0 spiro atoms. The Morgan fingerprint density at radius 2 is 1.93 bits per heavy atom. The summed E-state index contributed by atoms with van der Waals surface area (Å²) in [5.74, 6) is 0.670. The Labute approximate surface area is 92.3 Å². The van der Waals surface area contributed by atoms with E-state index < -0.39 is 0 Å². The minimum atomic E-state index is 0.302. The molecule has 0 aliphatic carbocycles. The summed E-state index contributed by atoms with van der Waals surface area (Å²) >= 11 is 1.97. The van der Waals surface area contributed by atoms with E-state index in [1.165, 1.54) is 4.91 Å². The lowest BCUT2D eigenvalue weighted by atomic mass is 9.99. The average Bonchev–Trinajstić information content (AvgIpc) is 2.01. The Morgan fingerprint density at radius 3 is 2.43 bits per heavy atom.